The molecule has 2 rings (SSSR count). The van der Waals surface area contributed by atoms with Crippen LogP contribution in [0.15, 0.2) is 12.1 Å². The molecule has 0 aliphatic heterocycles. The molecule has 0 atom stereocenters. The van der Waals surface area contributed by atoms with Crippen LogP contribution in [0.3, 0.4) is 0 Å². The zero-order valence-corrected chi connectivity index (χ0v) is 11.0. The number of benzene rings is 1. The molecule has 1 aromatic carbocycles. The molecule has 0 bridgehead atoms. The highest BCUT2D eigenvalue weighted by molar-refractivity contribution is 5.50. The summed E-state index contributed by atoms with van der Waals surface area (Å²) >= 11 is 0. The third-order valence-electron chi connectivity index (χ3n) is 3.79. The van der Waals surface area contributed by atoms with Crippen molar-refractivity contribution in [2.75, 3.05) is 13.7 Å². The zero-order valence-electron chi connectivity index (χ0n) is 11.0. The van der Waals surface area contributed by atoms with Gasteiger partial charge in [-0.1, -0.05) is 19.9 Å². The molecule has 0 saturated carbocycles. The summed E-state index contributed by atoms with van der Waals surface area (Å²) in [6, 6.07) is 4.24. The second kappa shape index (κ2) is 4.69. The Morgan fingerprint density at radius 2 is 1.94 bits per heavy atom. The van der Waals surface area contributed by atoms with Gasteiger partial charge in [-0.3, -0.25) is 0 Å². The van der Waals surface area contributed by atoms with Crippen LogP contribution >= 0.6 is 0 Å². The van der Waals surface area contributed by atoms with Gasteiger partial charge in [0.1, 0.15) is 5.75 Å². The summed E-state index contributed by atoms with van der Waals surface area (Å²) in [4.78, 5) is 0. The number of fused-ring (bicyclic) bond motifs is 1. The van der Waals surface area contributed by atoms with Gasteiger partial charge in [-0.15, -0.1) is 0 Å². The second-order valence-electron chi connectivity index (χ2n) is 5.53. The van der Waals surface area contributed by atoms with Crippen molar-refractivity contribution in [2.24, 2.45) is 0 Å². The normalized spacial score (nSPS) is 15.5. The second-order valence-corrected chi connectivity index (χ2v) is 5.53. The van der Waals surface area contributed by atoms with E-state index in [9.17, 15) is 5.11 Å². The van der Waals surface area contributed by atoms with Crippen molar-refractivity contribution in [2.45, 2.75) is 44.9 Å². The van der Waals surface area contributed by atoms with Gasteiger partial charge in [-0.25, -0.2) is 0 Å². The topological polar surface area (TPSA) is 29.5 Å². The third-order valence-corrected chi connectivity index (χ3v) is 3.79. The molecule has 17 heavy (non-hydrogen) atoms. The fourth-order valence-corrected chi connectivity index (χ4v) is 2.80. The molecule has 1 N–H and O–H groups in total. The van der Waals surface area contributed by atoms with Crippen LogP contribution in [0.2, 0.25) is 0 Å². The summed E-state index contributed by atoms with van der Waals surface area (Å²) in [5, 5.41) is 9.61. The molecule has 0 unspecified atom stereocenters. The first-order valence-electron chi connectivity index (χ1n) is 6.40. The van der Waals surface area contributed by atoms with E-state index in [0.29, 0.717) is 0 Å². The van der Waals surface area contributed by atoms with E-state index in [1.807, 2.05) is 0 Å². The molecule has 0 saturated heterocycles. The van der Waals surface area contributed by atoms with Crippen LogP contribution in [0.5, 0.6) is 5.75 Å². The van der Waals surface area contributed by atoms with E-state index in [2.05, 4.69) is 26.0 Å². The Morgan fingerprint density at radius 3 is 2.59 bits per heavy atom. The summed E-state index contributed by atoms with van der Waals surface area (Å²) in [5.41, 5.74) is 3.83. The molecule has 2 heteroatoms. The molecule has 0 radical (unpaired) electrons. The predicted molar refractivity (Wildman–Crippen MR) is 69.7 cm³/mol. The van der Waals surface area contributed by atoms with Crippen LogP contribution in [0, 0.1) is 0 Å². The number of rotatable bonds is 3. The van der Waals surface area contributed by atoms with Crippen LogP contribution in [-0.4, -0.2) is 18.8 Å². The maximum Gasteiger partial charge on any atom is 0.122 e. The molecule has 1 aromatic rings. The fourth-order valence-electron chi connectivity index (χ4n) is 2.80. The van der Waals surface area contributed by atoms with Gasteiger partial charge in [-0.05, 0) is 42.9 Å². The number of ether oxygens (including phenoxy) is 1. The van der Waals surface area contributed by atoms with Crippen molar-refractivity contribution in [3.05, 3.63) is 28.8 Å². The van der Waals surface area contributed by atoms with Gasteiger partial charge in [0.25, 0.3) is 0 Å². The lowest BCUT2D eigenvalue weighted by Gasteiger charge is -2.31. The number of aliphatic hydroxyl groups excluding tert-OH is 1. The van der Waals surface area contributed by atoms with Gasteiger partial charge in [0.15, 0.2) is 0 Å². The average Bonchev–Trinajstić information content (AvgIpc) is 2.37. The summed E-state index contributed by atoms with van der Waals surface area (Å²) in [5.74, 6) is 0.921. The number of aryl methyl sites for hydroxylation is 1. The Labute approximate surface area is 104 Å². The number of methoxy groups -OCH3 is 1. The Morgan fingerprint density at radius 1 is 1.24 bits per heavy atom. The van der Waals surface area contributed by atoms with Crippen molar-refractivity contribution in [3.63, 3.8) is 0 Å². The molecule has 0 aromatic heterocycles. The Balaban J connectivity index is 2.60. The first-order chi connectivity index (χ1) is 8.10. The Bertz CT molecular complexity index is 408. The lowest BCUT2D eigenvalue weighted by Crippen LogP contribution is -2.26. The molecular formula is C15H22O2. The third kappa shape index (κ3) is 2.19. The van der Waals surface area contributed by atoms with Gasteiger partial charge in [0, 0.05) is 11.0 Å². The average molecular weight is 234 g/mol. The first-order valence-corrected chi connectivity index (χ1v) is 6.40. The summed E-state index contributed by atoms with van der Waals surface area (Å²) in [6.07, 6.45) is 4.80. The highest BCUT2D eigenvalue weighted by Gasteiger charge is 2.29. The van der Waals surface area contributed by atoms with Gasteiger partial charge in [-0.2, -0.15) is 0 Å². The maximum atomic E-state index is 9.61. The number of aliphatic hydroxyl groups is 1. The van der Waals surface area contributed by atoms with Crippen molar-refractivity contribution >= 4 is 0 Å². The Hall–Kier alpha value is -1.02. The van der Waals surface area contributed by atoms with Crippen LogP contribution < -0.4 is 4.74 Å². The molecule has 0 spiro atoms. The smallest absolute Gasteiger partial charge is 0.122 e. The molecule has 0 heterocycles. The molecule has 1 aliphatic carbocycles. The van der Waals surface area contributed by atoms with Gasteiger partial charge >= 0.3 is 0 Å². The van der Waals surface area contributed by atoms with Crippen LogP contribution in [0.25, 0.3) is 0 Å². The van der Waals surface area contributed by atoms with Crippen molar-refractivity contribution < 1.29 is 9.84 Å². The van der Waals surface area contributed by atoms with E-state index in [-0.39, 0.29) is 12.0 Å². The quantitative estimate of drug-likeness (QED) is 0.871. The number of hydrogen-bond acceptors (Lipinski definition) is 2. The fraction of sp³-hybridized carbons (Fsp3) is 0.600. The lowest BCUT2D eigenvalue weighted by molar-refractivity contribution is 0.213. The van der Waals surface area contributed by atoms with Crippen molar-refractivity contribution in [1.29, 1.82) is 0 Å². The summed E-state index contributed by atoms with van der Waals surface area (Å²) < 4.78 is 5.49. The minimum atomic E-state index is -0.228. The van der Waals surface area contributed by atoms with Gasteiger partial charge < -0.3 is 9.84 Å². The predicted octanol–water partition coefficient (Wildman–Crippen LogP) is 2.84. The molecule has 1 aliphatic rings. The van der Waals surface area contributed by atoms with Gasteiger partial charge in [0.2, 0.25) is 0 Å². The lowest BCUT2D eigenvalue weighted by atomic mass is 9.76. The standard InChI is InChI=1S/C15H22O2/c1-15(2,10-16)14-12-7-5-4-6-11(12)8-9-13(14)17-3/h8-9,16H,4-7,10H2,1-3H3. The minimum Gasteiger partial charge on any atom is -0.496 e. The van der Waals surface area contributed by atoms with Crippen LogP contribution in [-0.2, 0) is 18.3 Å². The van der Waals surface area contributed by atoms with Gasteiger partial charge in [0.05, 0.1) is 13.7 Å². The monoisotopic (exact) mass is 234 g/mol. The van der Waals surface area contributed by atoms with Crippen LogP contribution in [0.4, 0.5) is 0 Å². The first kappa shape index (κ1) is 12.4. The molecule has 94 valence electrons. The van der Waals surface area contributed by atoms with E-state index in [0.717, 1.165) is 18.6 Å². The highest BCUT2D eigenvalue weighted by atomic mass is 16.5. The van der Waals surface area contributed by atoms with Crippen molar-refractivity contribution in [3.8, 4) is 5.75 Å². The van der Waals surface area contributed by atoms with E-state index in [1.54, 1.807) is 7.11 Å². The van der Waals surface area contributed by atoms with Crippen molar-refractivity contribution in [1.82, 2.24) is 0 Å². The zero-order chi connectivity index (χ0) is 12.5. The molecule has 0 amide bonds. The summed E-state index contributed by atoms with van der Waals surface area (Å²) in [7, 11) is 1.71. The summed E-state index contributed by atoms with van der Waals surface area (Å²) in [6.45, 7) is 4.32. The van der Waals surface area contributed by atoms with E-state index < -0.39 is 0 Å². The Kier molecular flexibility index (Phi) is 3.43. The van der Waals surface area contributed by atoms with Crippen LogP contribution in [0.1, 0.15) is 43.4 Å². The van der Waals surface area contributed by atoms with E-state index >= 15 is 0 Å². The van der Waals surface area contributed by atoms with E-state index in [4.69, 9.17) is 4.74 Å². The SMILES string of the molecule is COc1ccc2c(c1C(C)(C)CO)CCCC2. The minimum absolute atomic E-state index is 0.153. The maximum absolute atomic E-state index is 9.61. The number of hydrogen-bond donors (Lipinski definition) is 1. The highest BCUT2D eigenvalue weighted by Crippen LogP contribution is 2.38. The molecule has 0 fully saturated rings. The van der Waals surface area contributed by atoms with E-state index in [1.165, 1.54) is 29.5 Å². The molecule has 2 nitrogen and oxygen atoms in total. The molecular weight excluding hydrogens is 212 g/mol. The largest absolute Gasteiger partial charge is 0.496 e.